The lowest BCUT2D eigenvalue weighted by atomic mass is 10.1. The first-order valence-electron chi connectivity index (χ1n) is 9.38. The second-order valence-corrected chi connectivity index (χ2v) is 6.83. The number of aryl methyl sites for hydroxylation is 1. The van der Waals surface area contributed by atoms with Crippen molar-refractivity contribution in [2.45, 2.75) is 26.9 Å². The highest BCUT2D eigenvalue weighted by molar-refractivity contribution is 5.62. The molecule has 1 aliphatic rings. The quantitative estimate of drug-likeness (QED) is 0.406. The lowest BCUT2D eigenvalue weighted by Crippen LogP contribution is -2.32. The van der Waals surface area contributed by atoms with Crippen molar-refractivity contribution in [3.63, 3.8) is 0 Å². The van der Waals surface area contributed by atoms with E-state index in [4.69, 9.17) is 0 Å². The van der Waals surface area contributed by atoms with Crippen LogP contribution in [0.5, 0.6) is 0 Å². The monoisotopic (exact) mass is 382 g/mol. The largest absolute Gasteiger partial charge is 0.372 e. The van der Waals surface area contributed by atoms with Crippen LogP contribution in [-0.4, -0.2) is 37.1 Å². The molecule has 1 unspecified atom stereocenters. The smallest absolute Gasteiger partial charge is 0.269 e. The van der Waals surface area contributed by atoms with E-state index in [1.807, 2.05) is 43.2 Å². The molecule has 8 nitrogen and oxygen atoms in total. The van der Waals surface area contributed by atoms with Gasteiger partial charge in [0.2, 0.25) is 0 Å². The summed E-state index contributed by atoms with van der Waals surface area (Å²) in [6.45, 7) is 8.09. The van der Waals surface area contributed by atoms with E-state index in [-0.39, 0.29) is 10.6 Å². The van der Waals surface area contributed by atoms with Gasteiger partial charge in [-0.2, -0.15) is 15.2 Å². The fourth-order valence-corrected chi connectivity index (χ4v) is 3.44. The van der Waals surface area contributed by atoms with E-state index in [1.54, 1.807) is 12.1 Å². The molecule has 28 heavy (non-hydrogen) atoms. The van der Waals surface area contributed by atoms with Crippen LogP contribution in [0, 0.1) is 17.0 Å². The fraction of sp³-hybridized carbons (Fsp3) is 0.400. The third-order valence-electron chi connectivity index (χ3n) is 5.27. The third kappa shape index (κ3) is 3.55. The number of hydrogen-bond acceptors (Lipinski definition) is 7. The number of azo groups is 1. The van der Waals surface area contributed by atoms with E-state index in [2.05, 4.69) is 35.0 Å². The van der Waals surface area contributed by atoms with Gasteiger partial charge >= 0.3 is 0 Å². The number of benzene rings is 2. The van der Waals surface area contributed by atoms with Crippen LogP contribution in [0.1, 0.15) is 31.1 Å². The Kier molecular flexibility index (Phi) is 5.60. The summed E-state index contributed by atoms with van der Waals surface area (Å²) in [6.07, 6.45) is -0.406. The number of nitro benzene ring substituents is 1. The van der Waals surface area contributed by atoms with Crippen molar-refractivity contribution >= 4 is 22.7 Å². The molecule has 0 aromatic heterocycles. The van der Waals surface area contributed by atoms with Gasteiger partial charge in [-0.05, 0) is 44.5 Å². The SMILES string of the molecule is CCN(CC)c1ccc(C)c(N=NC2c3cc([N+](=O)[O-])ccc3N(C)N2C)c1. The van der Waals surface area contributed by atoms with Gasteiger partial charge in [0.1, 0.15) is 0 Å². The summed E-state index contributed by atoms with van der Waals surface area (Å²) in [6, 6.07) is 11.0. The van der Waals surface area contributed by atoms with Gasteiger partial charge in [0.15, 0.2) is 6.17 Å². The Morgan fingerprint density at radius 2 is 1.86 bits per heavy atom. The van der Waals surface area contributed by atoms with E-state index in [9.17, 15) is 10.1 Å². The number of nitro groups is 1. The molecule has 1 aliphatic heterocycles. The van der Waals surface area contributed by atoms with Gasteiger partial charge in [-0.1, -0.05) is 6.07 Å². The highest BCUT2D eigenvalue weighted by Crippen LogP contribution is 2.41. The van der Waals surface area contributed by atoms with Gasteiger partial charge in [0.25, 0.3) is 5.69 Å². The van der Waals surface area contributed by atoms with Crippen LogP contribution in [0.2, 0.25) is 0 Å². The number of hydrazine groups is 1. The number of hydrogen-bond donors (Lipinski definition) is 0. The molecule has 0 saturated carbocycles. The van der Waals surface area contributed by atoms with Crippen LogP contribution in [0.15, 0.2) is 46.6 Å². The van der Waals surface area contributed by atoms with Crippen molar-refractivity contribution in [2.75, 3.05) is 37.1 Å². The molecule has 8 heteroatoms. The minimum absolute atomic E-state index is 0.0577. The normalized spacial score (nSPS) is 16.6. The lowest BCUT2D eigenvalue weighted by molar-refractivity contribution is -0.384. The molecule has 0 fully saturated rings. The molecule has 1 atom stereocenters. The van der Waals surface area contributed by atoms with Crippen LogP contribution < -0.4 is 9.91 Å². The van der Waals surface area contributed by atoms with Gasteiger partial charge < -0.3 is 9.91 Å². The molecule has 148 valence electrons. The Labute approximate surface area is 165 Å². The van der Waals surface area contributed by atoms with Crippen molar-refractivity contribution < 1.29 is 4.92 Å². The lowest BCUT2D eigenvalue weighted by Gasteiger charge is -2.24. The zero-order valence-electron chi connectivity index (χ0n) is 17.0. The standard InChI is InChI=1S/C20H26N6O2/c1-6-25(7-2)15-9-8-14(3)18(13-15)21-22-20-17-12-16(26(27)28)10-11-19(17)23(4)24(20)5/h8-13,20H,6-7H2,1-5H3. The number of anilines is 2. The van der Waals surface area contributed by atoms with Crippen LogP contribution in [0.4, 0.5) is 22.7 Å². The van der Waals surface area contributed by atoms with Gasteiger partial charge in [0.05, 0.1) is 16.3 Å². The average molecular weight is 382 g/mol. The average Bonchev–Trinajstić information content (AvgIpc) is 2.93. The predicted molar refractivity (Wildman–Crippen MR) is 111 cm³/mol. The molecular formula is C20H26N6O2. The first kappa shape index (κ1) is 19.8. The molecule has 0 saturated heterocycles. The summed E-state index contributed by atoms with van der Waals surface area (Å²) < 4.78 is 0. The molecule has 0 spiro atoms. The van der Waals surface area contributed by atoms with Gasteiger partial charge in [-0.25, -0.2) is 0 Å². The highest BCUT2D eigenvalue weighted by atomic mass is 16.6. The van der Waals surface area contributed by atoms with E-state index >= 15 is 0 Å². The van der Waals surface area contributed by atoms with Crippen molar-refractivity contribution in [1.82, 2.24) is 5.01 Å². The summed E-state index contributed by atoms with van der Waals surface area (Å²) >= 11 is 0. The summed E-state index contributed by atoms with van der Waals surface area (Å²) in [4.78, 5) is 13.0. The Hall–Kier alpha value is -3.00. The maximum Gasteiger partial charge on any atom is 0.269 e. The third-order valence-corrected chi connectivity index (χ3v) is 5.27. The molecular weight excluding hydrogens is 356 g/mol. The van der Waals surface area contributed by atoms with E-state index in [0.717, 1.165) is 41.3 Å². The molecule has 1 heterocycles. The molecule has 2 aromatic carbocycles. The van der Waals surface area contributed by atoms with E-state index < -0.39 is 6.17 Å². The van der Waals surface area contributed by atoms with Crippen molar-refractivity contribution in [1.29, 1.82) is 0 Å². The Bertz CT molecular complexity index is 910. The van der Waals surface area contributed by atoms with Crippen LogP contribution >= 0.6 is 0 Å². The minimum Gasteiger partial charge on any atom is -0.372 e. The topological polar surface area (TPSA) is 77.6 Å². The Morgan fingerprint density at radius 1 is 1.14 bits per heavy atom. The minimum atomic E-state index is -0.406. The van der Waals surface area contributed by atoms with Gasteiger partial charge in [0, 0.05) is 50.6 Å². The van der Waals surface area contributed by atoms with Crippen molar-refractivity contribution in [3.8, 4) is 0 Å². The summed E-state index contributed by atoms with van der Waals surface area (Å²) in [5.41, 5.74) is 4.68. The summed E-state index contributed by atoms with van der Waals surface area (Å²) in [5.74, 6) is 0. The van der Waals surface area contributed by atoms with Crippen LogP contribution in [-0.2, 0) is 0 Å². The molecule has 0 aliphatic carbocycles. The number of nitrogens with zero attached hydrogens (tertiary/aromatic N) is 6. The first-order chi connectivity index (χ1) is 13.4. The van der Waals surface area contributed by atoms with Crippen molar-refractivity contribution in [2.24, 2.45) is 10.2 Å². The van der Waals surface area contributed by atoms with Gasteiger partial charge in [-0.15, -0.1) is 0 Å². The Balaban J connectivity index is 1.96. The zero-order valence-corrected chi connectivity index (χ0v) is 17.0. The summed E-state index contributed by atoms with van der Waals surface area (Å²) in [5, 5.41) is 24.1. The highest BCUT2D eigenvalue weighted by Gasteiger charge is 2.33. The zero-order chi connectivity index (χ0) is 20.4. The molecule has 0 radical (unpaired) electrons. The van der Waals surface area contributed by atoms with E-state index in [1.165, 1.54) is 6.07 Å². The van der Waals surface area contributed by atoms with Crippen LogP contribution in [0.25, 0.3) is 0 Å². The molecule has 0 bridgehead atoms. The van der Waals surface area contributed by atoms with Crippen LogP contribution in [0.3, 0.4) is 0 Å². The molecule has 2 aromatic rings. The fourth-order valence-electron chi connectivity index (χ4n) is 3.44. The maximum absolute atomic E-state index is 11.2. The van der Waals surface area contributed by atoms with E-state index in [0.29, 0.717) is 0 Å². The molecule has 0 amide bonds. The predicted octanol–water partition coefficient (Wildman–Crippen LogP) is 4.83. The van der Waals surface area contributed by atoms with Gasteiger partial charge in [-0.3, -0.25) is 10.1 Å². The first-order valence-corrected chi connectivity index (χ1v) is 9.38. The molecule has 0 N–H and O–H groups in total. The Morgan fingerprint density at radius 3 is 2.50 bits per heavy atom. The number of fused-ring (bicyclic) bond motifs is 1. The summed E-state index contributed by atoms with van der Waals surface area (Å²) in [7, 11) is 3.81. The van der Waals surface area contributed by atoms with Crippen molar-refractivity contribution in [3.05, 3.63) is 57.6 Å². The number of non-ortho nitro benzene ring substituents is 1. The second-order valence-electron chi connectivity index (χ2n) is 6.83. The maximum atomic E-state index is 11.2. The molecule has 3 rings (SSSR count). The second kappa shape index (κ2) is 7.93. The number of rotatable bonds is 6.